The lowest BCUT2D eigenvalue weighted by Gasteiger charge is -2.29. The van der Waals surface area contributed by atoms with Gasteiger partial charge in [-0.2, -0.15) is 0 Å². The maximum Gasteiger partial charge on any atom is 0.354 e. The molecular formula is C15H25N3O5. The van der Waals surface area contributed by atoms with E-state index in [9.17, 15) is 19.2 Å². The summed E-state index contributed by atoms with van der Waals surface area (Å²) in [5, 5.41) is 2.07. The van der Waals surface area contributed by atoms with Gasteiger partial charge in [-0.1, -0.05) is 20.3 Å². The molecule has 1 fully saturated rings. The largest absolute Gasteiger partial charge is 0.354 e. The third-order valence-corrected chi connectivity index (χ3v) is 3.64. The van der Waals surface area contributed by atoms with Crippen molar-refractivity contribution in [3.63, 3.8) is 0 Å². The summed E-state index contributed by atoms with van der Waals surface area (Å²) in [6.07, 6.45) is 0.220. The zero-order valence-electron chi connectivity index (χ0n) is 17.7. The number of hydrogen-bond donors (Lipinski definition) is 1. The lowest BCUT2D eigenvalue weighted by atomic mass is 9.97. The maximum absolute atomic E-state index is 12.6. The molecule has 0 aliphatic carbocycles. The number of likely N-dealkylation sites (N-methyl/N-ethyl adjacent to an activating group) is 1. The topological polar surface area (TPSA) is 96.0 Å². The minimum atomic E-state index is -3.31. The van der Waals surface area contributed by atoms with Crippen LogP contribution in [0.4, 0.5) is 0 Å². The van der Waals surface area contributed by atoms with Crippen LogP contribution in [0, 0.1) is 5.92 Å². The van der Waals surface area contributed by atoms with Gasteiger partial charge in [0.25, 0.3) is 11.8 Å². The van der Waals surface area contributed by atoms with E-state index in [-0.39, 0.29) is 23.8 Å². The van der Waals surface area contributed by atoms with Crippen molar-refractivity contribution in [1.29, 1.82) is 0 Å². The fourth-order valence-electron chi connectivity index (χ4n) is 2.26. The molecule has 0 aromatic rings. The van der Waals surface area contributed by atoms with Crippen molar-refractivity contribution in [3.8, 4) is 0 Å². The molecule has 0 spiro atoms. The average Bonchev–Trinajstić information content (AvgIpc) is 2.84. The molecule has 1 N–H and O–H groups in total. The van der Waals surface area contributed by atoms with Gasteiger partial charge in [-0.3, -0.25) is 19.3 Å². The number of hydrogen-bond acceptors (Lipinski definition) is 6. The van der Waals surface area contributed by atoms with Crippen LogP contribution < -0.4 is 5.32 Å². The van der Waals surface area contributed by atoms with Gasteiger partial charge in [-0.05, 0) is 26.9 Å². The maximum atomic E-state index is 12.6. The number of nitrogens with zero attached hydrogens (tertiary/aromatic N) is 2. The van der Waals surface area contributed by atoms with E-state index in [4.69, 9.17) is 5.48 Å². The quantitative estimate of drug-likeness (QED) is 0.523. The van der Waals surface area contributed by atoms with Crippen molar-refractivity contribution in [3.05, 3.63) is 0 Å². The van der Waals surface area contributed by atoms with E-state index in [0.717, 1.165) is 0 Å². The van der Waals surface area contributed by atoms with E-state index >= 15 is 0 Å². The molecule has 3 unspecified atom stereocenters. The third-order valence-electron chi connectivity index (χ3n) is 3.64. The summed E-state index contributed by atoms with van der Waals surface area (Å²) in [5.74, 6) is -4.42. The number of hydroxylamine groups is 2. The average molecular weight is 335 g/mol. The van der Waals surface area contributed by atoms with Gasteiger partial charge in [0.05, 0.1) is 7.41 Å². The first kappa shape index (κ1) is 13.5. The number of carbonyl (C=O) groups excluding carboxylic acids is 4. The van der Waals surface area contributed by atoms with Crippen LogP contribution in [0.3, 0.4) is 0 Å². The highest BCUT2D eigenvalue weighted by Gasteiger charge is 2.35. The van der Waals surface area contributed by atoms with Gasteiger partial charge in [-0.15, -0.1) is 5.06 Å². The van der Waals surface area contributed by atoms with Gasteiger partial charge < -0.3 is 10.2 Å². The van der Waals surface area contributed by atoms with E-state index in [1.54, 1.807) is 25.9 Å². The standard InChI is InChI=1S/C15H25N3O5/c1-6-9(2)13(17(4)5)14(21)16-10(3)15(22)23-18-11(19)7-8-12(18)20/h9-10,13H,6-8H2,1-5H3,(H,16,21)/i3D3,10D,21+2,22+2. The second-order valence-electron chi connectivity index (χ2n) is 5.62. The third kappa shape index (κ3) is 4.75. The Hall–Kier alpha value is -1.96. The summed E-state index contributed by atoms with van der Waals surface area (Å²) < 4.78 is 30.6. The van der Waals surface area contributed by atoms with Gasteiger partial charge in [0.15, 0.2) is 0 Å². The SMILES string of the molecule is [2H]C([2H])([2H])C([2H])(NC(=[18O])C(C(C)CC)N(C)C)C(=[18O])ON1C(=O)CCC1=O. The van der Waals surface area contributed by atoms with Crippen molar-refractivity contribution >= 4 is 23.7 Å². The van der Waals surface area contributed by atoms with E-state index in [0.29, 0.717) is 6.42 Å². The molecule has 0 aromatic heterocycles. The molecule has 3 atom stereocenters. The van der Waals surface area contributed by atoms with Crippen LogP contribution in [0.15, 0.2) is 0 Å². The van der Waals surface area contributed by atoms with Gasteiger partial charge in [0, 0.05) is 17.0 Å². The summed E-state index contributed by atoms with van der Waals surface area (Å²) in [4.78, 5) is 54.3. The Morgan fingerprint density at radius 1 is 1.43 bits per heavy atom. The lowest BCUT2D eigenvalue weighted by Crippen LogP contribution is -2.52. The van der Waals surface area contributed by atoms with Crippen molar-refractivity contribution in [2.75, 3.05) is 14.1 Å². The minimum absolute atomic E-state index is 0.140. The first-order chi connectivity index (χ1) is 12.3. The van der Waals surface area contributed by atoms with Gasteiger partial charge >= 0.3 is 5.97 Å². The molecule has 0 bridgehead atoms. The molecule has 1 aliphatic rings. The van der Waals surface area contributed by atoms with Gasteiger partial charge in [0.2, 0.25) is 5.91 Å². The molecule has 130 valence electrons. The molecular weight excluding hydrogens is 306 g/mol. The van der Waals surface area contributed by atoms with Crippen LogP contribution >= 0.6 is 0 Å². The molecule has 23 heavy (non-hydrogen) atoms. The number of rotatable bonds is 7. The minimum Gasteiger partial charge on any atom is -0.341 e. The van der Waals surface area contributed by atoms with Crippen LogP contribution in [0.1, 0.15) is 45.4 Å². The Kier molecular flexibility index (Phi) is 4.72. The molecule has 1 rings (SSSR count). The molecule has 8 nitrogen and oxygen atoms in total. The highest BCUT2D eigenvalue weighted by Crippen LogP contribution is 2.14. The molecule has 3 amide bonds. The number of carbonyl (C=O) groups is 4. The van der Waals surface area contributed by atoms with Crippen molar-refractivity contribution in [1.82, 2.24) is 15.3 Å². The van der Waals surface area contributed by atoms with Crippen LogP contribution in [0.2, 0.25) is 0 Å². The molecule has 8 heteroatoms. The highest BCUT2D eigenvalue weighted by molar-refractivity contribution is 6.02. The first-order valence-corrected chi connectivity index (χ1v) is 7.32. The number of nitrogens with one attached hydrogen (secondary N) is 1. The Balaban J connectivity index is 3.12. The fraction of sp³-hybridized carbons (Fsp3) is 0.733. The normalized spacial score (nSPS) is 23.3. The zero-order valence-corrected chi connectivity index (χ0v) is 13.7. The highest BCUT2D eigenvalue weighted by atomic mass is 18.1. The summed E-state index contributed by atoms with van der Waals surface area (Å²) in [6.45, 7) is 0.300. The van der Waals surface area contributed by atoms with E-state index in [1.165, 1.54) is 0 Å². The lowest BCUT2D eigenvalue weighted by molar-refractivity contribution is -0.198. The van der Waals surface area contributed by atoms with Crippen LogP contribution in [-0.4, -0.2) is 59.8 Å². The van der Waals surface area contributed by atoms with E-state index < -0.39 is 42.6 Å². The Labute approximate surface area is 141 Å². The monoisotopic (exact) mass is 335 g/mol. The molecule has 1 heterocycles. The van der Waals surface area contributed by atoms with Crippen LogP contribution in [0.25, 0.3) is 0 Å². The molecule has 1 aliphatic heterocycles. The summed E-state index contributed by atoms with van der Waals surface area (Å²) in [5.41, 5.74) is 0. The Morgan fingerprint density at radius 2 is 2.00 bits per heavy atom. The number of imide groups is 1. The Morgan fingerprint density at radius 3 is 2.43 bits per heavy atom. The first-order valence-electron chi connectivity index (χ1n) is 9.32. The second-order valence-corrected chi connectivity index (χ2v) is 5.62. The van der Waals surface area contributed by atoms with Crippen LogP contribution in [0.5, 0.6) is 0 Å². The second kappa shape index (κ2) is 8.05. The van der Waals surface area contributed by atoms with Crippen molar-refractivity contribution < 1.29 is 29.5 Å². The zero-order chi connectivity index (χ0) is 21.2. The van der Waals surface area contributed by atoms with Crippen molar-refractivity contribution in [2.24, 2.45) is 5.92 Å². The summed E-state index contributed by atoms with van der Waals surface area (Å²) in [7, 11) is 3.22. The summed E-state index contributed by atoms with van der Waals surface area (Å²) in [6, 6.07) is -3.99. The smallest absolute Gasteiger partial charge is 0.341 e. The Bertz CT molecular complexity index is 609. The molecule has 0 saturated carbocycles. The molecule has 1 saturated heterocycles. The number of amides is 3. The predicted molar refractivity (Wildman–Crippen MR) is 81.7 cm³/mol. The predicted octanol–water partition coefficient (Wildman–Crippen LogP) is 0.0746. The summed E-state index contributed by atoms with van der Waals surface area (Å²) >= 11 is 0. The fourth-order valence-corrected chi connectivity index (χ4v) is 2.26. The van der Waals surface area contributed by atoms with Crippen LogP contribution in [-0.2, 0) is 24.0 Å². The van der Waals surface area contributed by atoms with E-state index in [1.807, 2.05) is 12.2 Å². The van der Waals surface area contributed by atoms with Gasteiger partial charge in [0.1, 0.15) is 6.02 Å². The molecule has 0 radical (unpaired) electrons. The molecule has 0 aromatic carbocycles. The van der Waals surface area contributed by atoms with Gasteiger partial charge in [-0.25, -0.2) is 4.79 Å². The van der Waals surface area contributed by atoms with E-state index in [2.05, 4.69) is 4.84 Å². The van der Waals surface area contributed by atoms with Crippen molar-refractivity contribution in [2.45, 2.75) is 52.0 Å².